The summed E-state index contributed by atoms with van der Waals surface area (Å²) in [5.41, 5.74) is -0.236. The molecule has 1 atom stereocenters. The van der Waals surface area contributed by atoms with Gasteiger partial charge in [-0.25, -0.2) is 0 Å². The Bertz CT molecular complexity index is 838. The van der Waals surface area contributed by atoms with Crippen LogP contribution in [0.1, 0.15) is 33.5 Å². The number of benzene rings is 2. The quantitative estimate of drug-likeness (QED) is 0.829. The second-order valence-electron chi connectivity index (χ2n) is 5.66. The maximum atomic E-state index is 12.8. The summed E-state index contributed by atoms with van der Waals surface area (Å²) >= 11 is 0. The number of ether oxygens (including phenoxy) is 1. The Balaban J connectivity index is 2.29. The van der Waals surface area contributed by atoms with Gasteiger partial charge >= 0.3 is 0 Å². The molecule has 3 rings (SSSR count). The van der Waals surface area contributed by atoms with E-state index in [4.69, 9.17) is 4.74 Å². The third kappa shape index (κ3) is 2.23. The average molecular weight is 322 g/mol. The van der Waals surface area contributed by atoms with Gasteiger partial charge in [0.25, 0.3) is 0 Å². The number of fused-ring (bicyclic) bond motifs is 2. The maximum absolute atomic E-state index is 12.8. The van der Waals surface area contributed by atoms with E-state index in [0.29, 0.717) is 11.1 Å². The number of aromatic hydroxyl groups is 1. The Kier molecular flexibility index (Phi) is 3.99. The normalized spacial score (nSPS) is 18.5. The van der Waals surface area contributed by atoms with Gasteiger partial charge in [-0.05, 0) is 17.7 Å². The Morgan fingerprint density at radius 1 is 1.08 bits per heavy atom. The van der Waals surface area contributed by atoms with Crippen LogP contribution in [0.5, 0.6) is 11.5 Å². The van der Waals surface area contributed by atoms with Crippen molar-refractivity contribution in [1.29, 1.82) is 0 Å². The number of ketones is 1. The van der Waals surface area contributed by atoms with Crippen LogP contribution < -0.4 is 4.74 Å². The van der Waals surface area contributed by atoms with Crippen LogP contribution in [0.25, 0.3) is 0 Å². The highest BCUT2D eigenvalue weighted by Crippen LogP contribution is 2.48. The molecule has 122 valence electrons. The van der Waals surface area contributed by atoms with Gasteiger partial charge in [-0.1, -0.05) is 43.0 Å². The molecule has 4 heteroatoms. The van der Waals surface area contributed by atoms with E-state index >= 15 is 0 Å². The highest BCUT2D eigenvalue weighted by atomic mass is 16.5. The largest absolute Gasteiger partial charge is 0.504 e. The van der Waals surface area contributed by atoms with Crippen LogP contribution in [0.3, 0.4) is 0 Å². The van der Waals surface area contributed by atoms with Gasteiger partial charge in [-0.2, -0.15) is 0 Å². The highest BCUT2D eigenvalue weighted by Gasteiger charge is 2.44. The van der Waals surface area contributed by atoms with E-state index < -0.39 is 5.60 Å². The summed E-state index contributed by atoms with van der Waals surface area (Å²) in [5.74, 6) is -0.273. The van der Waals surface area contributed by atoms with Gasteiger partial charge in [0.2, 0.25) is 0 Å². The second-order valence-corrected chi connectivity index (χ2v) is 5.66. The molecule has 0 amide bonds. The molecule has 0 bridgehead atoms. The van der Waals surface area contributed by atoms with Crippen molar-refractivity contribution in [2.75, 3.05) is 6.61 Å². The van der Waals surface area contributed by atoms with Gasteiger partial charge in [0.1, 0.15) is 12.2 Å². The van der Waals surface area contributed by atoms with Gasteiger partial charge in [0.15, 0.2) is 17.3 Å². The fraction of sp³-hybridized carbons (Fsp3) is 0.150. The van der Waals surface area contributed by atoms with Gasteiger partial charge in [-0.3, -0.25) is 4.79 Å². The Morgan fingerprint density at radius 3 is 2.54 bits per heavy atom. The van der Waals surface area contributed by atoms with E-state index in [1.54, 1.807) is 42.5 Å². The number of rotatable bonds is 5. The SMILES string of the molecule is C=CCOc1ccc2c(c1O)C(O)(CC=C)c1ccccc1C2=O. The topological polar surface area (TPSA) is 66.8 Å². The van der Waals surface area contributed by atoms with Crippen LogP contribution in [-0.2, 0) is 5.60 Å². The lowest BCUT2D eigenvalue weighted by Gasteiger charge is -2.36. The van der Waals surface area contributed by atoms with E-state index in [2.05, 4.69) is 13.2 Å². The lowest BCUT2D eigenvalue weighted by atomic mass is 9.72. The minimum atomic E-state index is -1.54. The van der Waals surface area contributed by atoms with E-state index in [1.807, 2.05) is 0 Å². The molecule has 2 N–H and O–H groups in total. The zero-order chi connectivity index (χ0) is 17.3. The minimum Gasteiger partial charge on any atom is -0.504 e. The summed E-state index contributed by atoms with van der Waals surface area (Å²) in [5, 5.41) is 22.0. The van der Waals surface area contributed by atoms with Crippen LogP contribution in [0.2, 0.25) is 0 Å². The summed E-state index contributed by atoms with van der Waals surface area (Å²) < 4.78 is 5.43. The number of carbonyl (C=O) groups is 1. The van der Waals surface area contributed by atoms with Crippen molar-refractivity contribution in [3.63, 3.8) is 0 Å². The van der Waals surface area contributed by atoms with Crippen molar-refractivity contribution in [1.82, 2.24) is 0 Å². The highest BCUT2D eigenvalue weighted by molar-refractivity contribution is 6.13. The number of hydrogen-bond donors (Lipinski definition) is 2. The predicted octanol–water partition coefficient (Wildman–Crippen LogP) is 3.31. The van der Waals surface area contributed by atoms with Crippen LogP contribution >= 0.6 is 0 Å². The minimum absolute atomic E-state index is 0.156. The summed E-state index contributed by atoms with van der Waals surface area (Å²) in [6.07, 6.45) is 3.27. The third-order valence-corrected chi connectivity index (χ3v) is 4.21. The van der Waals surface area contributed by atoms with Crippen molar-refractivity contribution < 1.29 is 19.7 Å². The molecule has 1 unspecified atom stereocenters. The molecular weight excluding hydrogens is 304 g/mol. The first-order valence-electron chi connectivity index (χ1n) is 7.62. The zero-order valence-corrected chi connectivity index (χ0v) is 13.2. The number of phenolic OH excluding ortho intramolecular Hbond substituents is 1. The van der Waals surface area contributed by atoms with Gasteiger partial charge in [0, 0.05) is 23.1 Å². The van der Waals surface area contributed by atoms with Crippen molar-refractivity contribution in [3.8, 4) is 11.5 Å². The summed E-state index contributed by atoms with van der Waals surface area (Å²) in [7, 11) is 0. The van der Waals surface area contributed by atoms with E-state index in [9.17, 15) is 15.0 Å². The van der Waals surface area contributed by atoms with Gasteiger partial charge in [-0.15, -0.1) is 6.58 Å². The first-order chi connectivity index (χ1) is 11.5. The standard InChI is InChI=1S/C20H18O4/c1-3-11-20(23)15-8-6-5-7-13(15)18(21)14-9-10-16(24-12-4-2)19(22)17(14)20/h3-10,22-23H,1-2,11-12H2. The lowest BCUT2D eigenvalue weighted by molar-refractivity contribution is 0.0716. The van der Waals surface area contributed by atoms with E-state index in [1.165, 1.54) is 6.07 Å². The third-order valence-electron chi connectivity index (χ3n) is 4.21. The van der Waals surface area contributed by atoms with Crippen molar-refractivity contribution in [3.05, 3.63) is 84.0 Å². The van der Waals surface area contributed by atoms with Crippen molar-refractivity contribution in [2.24, 2.45) is 0 Å². The summed E-state index contributed by atoms with van der Waals surface area (Å²) in [6, 6.07) is 9.96. The van der Waals surface area contributed by atoms with E-state index in [-0.39, 0.29) is 41.4 Å². The number of carbonyl (C=O) groups excluding carboxylic acids is 1. The van der Waals surface area contributed by atoms with E-state index in [0.717, 1.165) is 0 Å². The molecule has 0 aliphatic heterocycles. The monoisotopic (exact) mass is 322 g/mol. The molecular formula is C20H18O4. The van der Waals surface area contributed by atoms with Crippen molar-refractivity contribution in [2.45, 2.75) is 12.0 Å². The Morgan fingerprint density at radius 2 is 1.83 bits per heavy atom. The molecule has 0 fully saturated rings. The fourth-order valence-electron chi connectivity index (χ4n) is 3.19. The molecule has 0 radical (unpaired) electrons. The van der Waals surface area contributed by atoms with Crippen LogP contribution in [0.15, 0.2) is 61.7 Å². The fourth-order valence-corrected chi connectivity index (χ4v) is 3.19. The molecule has 0 aromatic heterocycles. The molecule has 24 heavy (non-hydrogen) atoms. The molecule has 0 saturated carbocycles. The molecule has 0 heterocycles. The zero-order valence-electron chi connectivity index (χ0n) is 13.2. The smallest absolute Gasteiger partial charge is 0.193 e. The Labute approximate surface area is 140 Å². The number of aliphatic hydroxyl groups is 1. The lowest BCUT2D eigenvalue weighted by Crippen LogP contribution is -2.35. The first kappa shape index (κ1) is 16.0. The number of phenols is 1. The number of hydrogen-bond acceptors (Lipinski definition) is 4. The molecule has 1 aliphatic rings. The van der Waals surface area contributed by atoms with Gasteiger partial charge < -0.3 is 14.9 Å². The second kappa shape index (κ2) is 5.98. The predicted molar refractivity (Wildman–Crippen MR) is 91.5 cm³/mol. The Hall–Kier alpha value is -2.85. The summed E-state index contributed by atoms with van der Waals surface area (Å²) in [6.45, 7) is 7.47. The molecule has 2 aromatic rings. The van der Waals surface area contributed by atoms with Gasteiger partial charge in [0.05, 0.1) is 0 Å². The van der Waals surface area contributed by atoms with Crippen LogP contribution in [0.4, 0.5) is 0 Å². The molecule has 0 saturated heterocycles. The maximum Gasteiger partial charge on any atom is 0.193 e. The molecule has 4 nitrogen and oxygen atoms in total. The molecule has 2 aromatic carbocycles. The first-order valence-corrected chi connectivity index (χ1v) is 7.62. The average Bonchev–Trinajstić information content (AvgIpc) is 2.59. The van der Waals surface area contributed by atoms with Crippen LogP contribution in [-0.4, -0.2) is 22.6 Å². The molecule has 1 aliphatic carbocycles. The summed E-state index contributed by atoms with van der Waals surface area (Å²) in [4.78, 5) is 12.8. The van der Waals surface area contributed by atoms with Crippen LogP contribution in [0, 0.1) is 0 Å². The molecule has 0 spiro atoms. The van der Waals surface area contributed by atoms with Crippen molar-refractivity contribution >= 4 is 5.78 Å².